The molecule has 4 nitrogen and oxygen atoms in total. The standard InChI is InChI=1S/C20H23BrFN3O/c1-5-25(4)12-24-19-9-13(2)16(8-14(19)3)20(26)11-23-15-6-7-17(21)18(22)10-15/h6-10,12,23H,5,11H2,1-4H3. The van der Waals surface area contributed by atoms with Crippen LogP contribution in [0.1, 0.15) is 28.4 Å². The quantitative estimate of drug-likeness (QED) is 0.385. The highest BCUT2D eigenvalue weighted by Crippen LogP contribution is 2.24. The molecule has 0 bridgehead atoms. The maximum atomic E-state index is 13.6. The van der Waals surface area contributed by atoms with Crippen molar-refractivity contribution in [2.75, 3.05) is 25.5 Å². The Morgan fingerprint density at radius 3 is 2.65 bits per heavy atom. The number of nitrogens with zero attached hydrogens (tertiary/aromatic N) is 2. The molecule has 0 radical (unpaired) electrons. The van der Waals surface area contributed by atoms with E-state index in [0.29, 0.717) is 15.7 Å². The molecule has 0 heterocycles. The van der Waals surface area contributed by atoms with Crippen molar-refractivity contribution in [3.05, 3.63) is 57.3 Å². The molecule has 0 aromatic heterocycles. The molecule has 26 heavy (non-hydrogen) atoms. The van der Waals surface area contributed by atoms with Crippen molar-refractivity contribution < 1.29 is 9.18 Å². The molecular weight excluding hydrogens is 397 g/mol. The van der Waals surface area contributed by atoms with E-state index in [1.165, 1.54) is 6.07 Å². The zero-order valence-electron chi connectivity index (χ0n) is 15.4. The molecule has 0 amide bonds. The molecule has 1 N–H and O–H groups in total. The Hall–Kier alpha value is -2.21. The van der Waals surface area contributed by atoms with Gasteiger partial charge in [0, 0.05) is 24.8 Å². The van der Waals surface area contributed by atoms with E-state index in [0.717, 1.165) is 23.4 Å². The second-order valence-electron chi connectivity index (χ2n) is 6.18. The summed E-state index contributed by atoms with van der Waals surface area (Å²) < 4.78 is 13.9. The summed E-state index contributed by atoms with van der Waals surface area (Å²) in [6.07, 6.45) is 1.78. The maximum absolute atomic E-state index is 13.6. The molecule has 0 atom stereocenters. The van der Waals surface area contributed by atoms with Crippen LogP contribution < -0.4 is 5.32 Å². The van der Waals surface area contributed by atoms with E-state index in [1.807, 2.05) is 37.9 Å². The number of hydrogen-bond donors (Lipinski definition) is 1. The van der Waals surface area contributed by atoms with Crippen LogP contribution in [0.3, 0.4) is 0 Å². The summed E-state index contributed by atoms with van der Waals surface area (Å²) in [5.41, 5.74) is 3.87. The molecule has 0 fully saturated rings. The summed E-state index contributed by atoms with van der Waals surface area (Å²) >= 11 is 3.11. The topological polar surface area (TPSA) is 44.7 Å². The van der Waals surface area contributed by atoms with Crippen molar-refractivity contribution in [1.29, 1.82) is 0 Å². The van der Waals surface area contributed by atoms with E-state index < -0.39 is 0 Å². The van der Waals surface area contributed by atoms with Crippen LogP contribution >= 0.6 is 15.9 Å². The summed E-state index contributed by atoms with van der Waals surface area (Å²) in [5, 5.41) is 2.97. The molecule has 2 aromatic carbocycles. The molecule has 138 valence electrons. The monoisotopic (exact) mass is 419 g/mol. The lowest BCUT2D eigenvalue weighted by Gasteiger charge is -2.12. The first kappa shape index (κ1) is 20.1. The molecule has 2 aromatic rings. The van der Waals surface area contributed by atoms with Crippen molar-refractivity contribution in [3.63, 3.8) is 0 Å². The minimum Gasteiger partial charge on any atom is -0.377 e. The summed E-state index contributed by atoms with van der Waals surface area (Å²) in [4.78, 5) is 19.0. The first-order valence-electron chi connectivity index (χ1n) is 8.39. The van der Waals surface area contributed by atoms with Crippen LogP contribution in [0.4, 0.5) is 15.8 Å². The number of benzene rings is 2. The van der Waals surface area contributed by atoms with Gasteiger partial charge in [0.2, 0.25) is 0 Å². The van der Waals surface area contributed by atoms with Crippen LogP contribution in [0.25, 0.3) is 0 Å². The largest absolute Gasteiger partial charge is 0.377 e. The van der Waals surface area contributed by atoms with Crippen molar-refractivity contribution in [1.82, 2.24) is 4.90 Å². The average Bonchev–Trinajstić information content (AvgIpc) is 2.62. The van der Waals surface area contributed by atoms with E-state index >= 15 is 0 Å². The zero-order valence-corrected chi connectivity index (χ0v) is 17.0. The number of aryl methyl sites for hydroxylation is 2. The number of ketones is 1. The molecule has 0 aliphatic carbocycles. The van der Waals surface area contributed by atoms with Crippen LogP contribution in [0.2, 0.25) is 0 Å². The first-order valence-corrected chi connectivity index (χ1v) is 9.19. The molecule has 0 aliphatic heterocycles. The number of anilines is 1. The van der Waals surface area contributed by atoms with Crippen LogP contribution in [0.15, 0.2) is 39.8 Å². The van der Waals surface area contributed by atoms with Gasteiger partial charge in [-0.2, -0.15) is 0 Å². The van der Waals surface area contributed by atoms with Gasteiger partial charge in [-0.15, -0.1) is 0 Å². The number of hydrogen-bond acceptors (Lipinski definition) is 3. The minimum atomic E-state index is -0.367. The Morgan fingerprint density at radius 2 is 2.00 bits per heavy atom. The van der Waals surface area contributed by atoms with Crippen molar-refractivity contribution >= 4 is 39.4 Å². The number of carbonyl (C=O) groups excluding carboxylic acids is 1. The second kappa shape index (κ2) is 8.94. The van der Waals surface area contributed by atoms with Crippen molar-refractivity contribution in [2.45, 2.75) is 20.8 Å². The molecule has 0 saturated carbocycles. The molecule has 0 unspecified atom stereocenters. The van der Waals surface area contributed by atoms with Gasteiger partial charge in [-0.1, -0.05) is 0 Å². The molecular formula is C20H23BrFN3O. The fourth-order valence-corrected chi connectivity index (χ4v) is 2.61. The van der Waals surface area contributed by atoms with Gasteiger partial charge in [0.15, 0.2) is 5.78 Å². The number of nitrogens with one attached hydrogen (secondary N) is 1. The van der Waals surface area contributed by atoms with Gasteiger partial charge in [-0.3, -0.25) is 4.79 Å². The smallest absolute Gasteiger partial charge is 0.182 e. The van der Waals surface area contributed by atoms with Crippen molar-refractivity contribution in [2.24, 2.45) is 4.99 Å². The third kappa shape index (κ3) is 5.14. The molecule has 6 heteroatoms. The summed E-state index contributed by atoms with van der Waals surface area (Å²) in [7, 11) is 1.96. The molecule has 0 spiro atoms. The predicted molar refractivity (Wildman–Crippen MR) is 109 cm³/mol. The molecule has 0 aliphatic rings. The Balaban J connectivity index is 2.12. The van der Waals surface area contributed by atoms with Gasteiger partial charge in [0.05, 0.1) is 23.0 Å². The first-order chi connectivity index (χ1) is 12.3. The average molecular weight is 420 g/mol. The number of rotatable bonds is 7. The normalized spacial score (nSPS) is 11.0. The van der Waals surface area contributed by atoms with E-state index in [2.05, 4.69) is 33.2 Å². The van der Waals surface area contributed by atoms with Crippen LogP contribution in [0.5, 0.6) is 0 Å². The third-order valence-electron chi connectivity index (χ3n) is 4.11. The summed E-state index contributed by atoms with van der Waals surface area (Å²) in [5.74, 6) is -0.413. The Kier molecular flexibility index (Phi) is 6.91. The summed E-state index contributed by atoms with van der Waals surface area (Å²) in [6, 6.07) is 8.47. The third-order valence-corrected chi connectivity index (χ3v) is 4.75. The van der Waals surface area contributed by atoms with Crippen LogP contribution in [-0.2, 0) is 0 Å². The second-order valence-corrected chi connectivity index (χ2v) is 7.03. The lowest BCUT2D eigenvalue weighted by atomic mass is 10.0. The van der Waals surface area contributed by atoms with Crippen LogP contribution in [0, 0.1) is 19.7 Å². The summed E-state index contributed by atoms with van der Waals surface area (Å²) in [6.45, 7) is 6.86. The van der Waals surface area contributed by atoms with Gasteiger partial charge in [0.1, 0.15) is 5.82 Å². The van der Waals surface area contributed by atoms with Gasteiger partial charge in [0.25, 0.3) is 0 Å². The maximum Gasteiger partial charge on any atom is 0.182 e. The highest BCUT2D eigenvalue weighted by molar-refractivity contribution is 9.10. The fraction of sp³-hybridized carbons (Fsp3) is 0.300. The zero-order chi connectivity index (χ0) is 19.3. The Bertz CT molecular complexity index is 836. The van der Waals surface area contributed by atoms with Crippen molar-refractivity contribution in [3.8, 4) is 0 Å². The van der Waals surface area contributed by atoms with E-state index in [9.17, 15) is 9.18 Å². The van der Waals surface area contributed by atoms with E-state index in [1.54, 1.807) is 18.5 Å². The van der Waals surface area contributed by atoms with Gasteiger partial charge >= 0.3 is 0 Å². The number of halogens is 2. The Labute approximate surface area is 162 Å². The van der Waals surface area contributed by atoms with Gasteiger partial charge < -0.3 is 10.2 Å². The fourth-order valence-electron chi connectivity index (χ4n) is 2.37. The Morgan fingerprint density at radius 1 is 1.27 bits per heavy atom. The number of Topliss-reactive ketones (excluding diaryl/α,β-unsaturated/α-hetero) is 1. The molecule has 2 rings (SSSR count). The van der Waals surface area contributed by atoms with E-state index in [4.69, 9.17) is 0 Å². The van der Waals surface area contributed by atoms with Crippen LogP contribution in [-0.4, -0.2) is 37.2 Å². The predicted octanol–water partition coefficient (Wildman–Crippen LogP) is 5.11. The highest BCUT2D eigenvalue weighted by atomic mass is 79.9. The number of aliphatic imine (C=N–C) groups is 1. The van der Waals surface area contributed by atoms with Gasteiger partial charge in [-0.05, 0) is 78.2 Å². The SMILES string of the molecule is CCN(C)C=Nc1cc(C)c(C(=O)CNc2ccc(Br)c(F)c2)cc1C. The lowest BCUT2D eigenvalue weighted by Crippen LogP contribution is -2.16. The minimum absolute atomic E-state index is 0.0462. The van der Waals surface area contributed by atoms with Gasteiger partial charge in [-0.25, -0.2) is 9.38 Å². The number of carbonyl (C=O) groups is 1. The lowest BCUT2D eigenvalue weighted by molar-refractivity contribution is 0.101. The van der Waals surface area contributed by atoms with E-state index in [-0.39, 0.29) is 18.1 Å². The highest BCUT2D eigenvalue weighted by Gasteiger charge is 2.12. The molecule has 0 saturated heterocycles.